The van der Waals surface area contributed by atoms with Crippen molar-refractivity contribution in [2.45, 2.75) is 39.3 Å². The van der Waals surface area contributed by atoms with Crippen LogP contribution in [0.3, 0.4) is 0 Å². The molecule has 0 aliphatic heterocycles. The van der Waals surface area contributed by atoms with Gasteiger partial charge in [0.05, 0.1) is 11.1 Å². The van der Waals surface area contributed by atoms with Crippen LogP contribution < -0.4 is 5.32 Å². The van der Waals surface area contributed by atoms with Crippen molar-refractivity contribution < 1.29 is 4.39 Å². The van der Waals surface area contributed by atoms with Crippen LogP contribution in [0.15, 0.2) is 16.6 Å². The van der Waals surface area contributed by atoms with Crippen LogP contribution in [-0.4, -0.2) is 30.6 Å². The van der Waals surface area contributed by atoms with Gasteiger partial charge in [0.2, 0.25) is 0 Å². The first-order valence-electron chi connectivity index (χ1n) is 6.86. The van der Waals surface area contributed by atoms with E-state index in [1.165, 1.54) is 0 Å². The summed E-state index contributed by atoms with van der Waals surface area (Å²) in [4.78, 5) is 2.31. The van der Waals surface area contributed by atoms with Gasteiger partial charge in [-0.2, -0.15) is 0 Å². The highest BCUT2D eigenvalue weighted by Gasteiger charge is 2.36. The van der Waals surface area contributed by atoms with Gasteiger partial charge >= 0.3 is 0 Å². The molecule has 0 saturated carbocycles. The molecule has 0 amide bonds. The summed E-state index contributed by atoms with van der Waals surface area (Å²) >= 11 is 9.27. The van der Waals surface area contributed by atoms with Crippen molar-refractivity contribution >= 4 is 27.5 Å². The Hall–Kier alpha value is -0.160. The van der Waals surface area contributed by atoms with E-state index >= 15 is 0 Å². The summed E-state index contributed by atoms with van der Waals surface area (Å²) in [6.45, 7) is 10.3. The Bertz CT molecular complexity index is 461. The number of hydrogen-bond donors (Lipinski definition) is 1. The summed E-state index contributed by atoms with van der Waals surface area (Å²) in [7, 11) is 1.85. The molecular formula is C15H23BrClFN2. The fourth-order valence-electron chi connectivity index (χ4n) is 2.87. The molecule has 1 atom stereocenters. The summed E-state index contributed by atoms with van der Waals surface area (Å²) in [6, 6.07) is 3.44. The van der Waals surface area contributed by atoms with Gasteiger partial charge in [0.1, 0.15) is 5.82 Å². The molecule has 1 unspecified atom stereocenters. The lowest BCUT2D eigenvalue weighted by atomic mass is 9.86. The molecule has 1 aromatic carbocycles. The van der Waals surface area contributed by atoms with E-state index in [4.69, 9.17) is 11.6 Å². The van der Waals surface area contributed by atoms with E-state index in [-0.39, 0.29) is 22.4 Å². The highest BCUT2D eigenvalue weighted by molar-refractivity contribution is 9.10. The molecule has 0 radical (unpaired) electrons. The molecule has 0 heterocycles. The maximum absolute atomic E-state index is 14.5. The summed E-state index contributed by atoms with van der Waals surface area (Å²) in [5.41, 5.74) is 0.369. The van der Waals surface area contributed by atoms with Crippen molar-refractivity contribution in [3.63, 3.8) is 0 Å². The van der Waals surface area contributed by atoms with Gasteiger partial charge in [0.25, 0.3) is 0 Å². The molecule has 2 nitrogen and oxygen atoms in total. The van der Waals surface area contributed by atoms with E-state index < -0.39 is 0 Å². The van der Waals surface area contributed by atoms with Gasteiger partial charge in [-0.15, -0.1) is 0 Å². The van der Waals surface area contributed by atoms with Gasteiger partial charge in [0.15, 0.2) is 0 Å². The van der Waals surface area contributed by atoms with Crippen molar-refractivity contribution in [2.24, 2.45) is 0 Å². The lowest BCUT2D eigenvalue weighted by Gasteiger charge is -2.43. The first-order chi connectivity index (χ1) is 9.31. The van der Waals surface area contributed by atoms with Crippen LogP contribution in [0.4, 0.5) is 4.39 Å². The summed E-state index contributed by atoms with van der Waals surface area (Å²) in [6.07, 6.45) is 0. The Morgan fingerprint density at radius 2 is 1.90 bits per heavy atom. The normalized spacial score (nSPS) is 13.8. The van der Waals surface area contributed by atoms with Crippen LogP contribution in [0.2, 0.25) is 5.02 Å². The van der Waals surface area contributed by atoms with Gasteiger partial charge < -0.3 is 5.32 Å². The lowest BCUT2D eigenvalue weighted by Crippen LogP contribution is -2.52. The standard InChI is InChI=1S/C15H23BrClFN2/c1-6-20(7-2)15(3,4)14(19-5)10-8-9-11(16)12(17)13(10)18/h8-9,14,19H,6-7H2,1-5H3. The molecular weight excluding hydrogens is 343 g/mol. The van der Waals surface area contributed by atoms with Crippen LogP contribution in [0, 0.1) is 5.82 Å². The molecule has 0 bridgehead atoms. The largest absolute Gasteiger partial charge is 0.311 e. The van der Waals surface area contributed by atoms with Crippen molar-refractivity contribution in [1.82, 2.24) is 10.2 Å². The van der Waals surface area contributed by atoms with Gasteiger partial charge in [0, 0.05) is 15.6 Å². The minimum absolute atomic E-state index is 0.137. The zero-order chi connectivity index (χ0) is 15.5. The molecule has 0 saturated heterocycles. The lowest BCUT2D eigenvalue weighted by molar-refractivity contribution is 0.0929. The summed E-state index contributed by atoms with van der Waals surface area (Å²) in [5, 5.41) is 3.38. The molecule has 0 fully saturated rings. The Morgan fingerprint density at radius 1 is 1.35 bits per heavy atom. The summed E-state index contributed by atoms with van der Waals surface area (Å²) < 4.78 is 15.1. The molecule has 1 rings (SSSR count). The number of benzene rings is 1. The predicted molar refractivity (Wildman–Crippen MR) is 87.9 cm³/mol. The highest BCUT2D eigenvalue weighted by atomic mass is 79.9. The van der Waals surface area contributed by atoms with Crippen molar-refractivity contribution in [2.75, 3.05) is 20.1 Å². The van der Waals surface area contributed by atoms with Gasteiger partial charge in [-0.3, -0.25) is 4.90 Å². The third-order valence-corrected chi connectivity index (χ3v) is 5.21. The number of nitrogens with one attached hydrogen (secondary N) is 1. The molecule has 1 aromatic rings. The first kappa shape index (κ1) is 17.9. The van der Waals surface area contributed by atoms with E-state index in [1.54, 1.807) is 12.1 Å². The average Bonchev–Trinajstić information content (AvgIpc) is 2.40. The number of nitrogens with zero attached hydrogens (tertiary/aromatic N) is 1. The maximum Gasteiger partial charge on any atom is 0.147 e. The summed E-state index contributed by atoms with van der Waals surface area (Å²) in [5.74, 6) is -0.361. The van der Waals surface area contributed by atoms with Crippen LogP contribution in [0.5, 0.6) is 0 Å². The molecule has 1 N–H and O–H groups in total. The quantitative estimate of drug-likeness (QED) is 0.740. The zero-order valence-electron chi connectivity index (χ0n) is 12.7. The second kappa shape index (κ2) is 7.21. The molecule has 0 spiro atoms. The Balaban J connectivity index is 3.29. The zero-order valence-corrected chi connectivity index (χ0v) is 15.1. The van der Waals surface area contributed by atoms with Gasteiger partial charge in [-0.1, -0.05) is 31.5 Å². The minimum atomic E-state index is -0.361. The fourth-order valence-corrected chi connectivity index (χ4v) is 3.35. The Labute approximate surface area is 134 Å². The number of likely N-dealkylation sites (N-methyl/N-ethyl adjacent to an activating group) is 2. The number of rotatable bonds is 6. The van der Waals surface area contributed by atoms with E-state index in [0.29, 0.717) is 10.0 Å². The van der Waals surface area contributed by atoms with E-state index in [0.717, 1.165) is 13.1 Å². The smallest absolute Gasteiger partial charge is 0.147 e. The third-order valence-electron chi connectivity index (χ3n) is 3.95. The fraction of sp³-hybridized carbons (Fsp3) is 0.600. The topological polar surface area (TPSA) is 15.3 Å². The molecule has 114 valence electrons. The molecule has 0 aliphatic carbocycles. The number of halogens is 3. The highest BCUT2D eigenvalue weighted by Crippen LogP contribution is 2.36. The average molecular weight is 366 g/mol. The Morgan fingerprint density at radius 3 is 2.35 bits per heavy atom. The second-order valence-corrected chi connectivity index (χ2v) is 6.54. The third kappa shape index (κ3) is 3.35. The van der Waals surface area contributed by atoms with Crippen LogP contribution in [0.25, 0.3) is 0 Å². The molecule has 0 aromatic heterocycles. The van der Waals surface area contributed by atoms with Crippen LogP contribution in [-0.2, 0) is 0 Å². The molecule has 20 heavy (non-hydrogen) atoms. The van der Waals surface area contributed by atoms with Gasteiger partial charge in [-0.05, 0) is 56.0 Å². The predicted octanol–water partition coefficient (Wildman–Crippen LogP) is 4.62. The van der Waals surface area contributed by atoms with Crippen molar-refractivity contribution in [3.05, 3.63) is 33.0 Å². The van der Waals surface area contributed by atoms with Crippen molar-refractivity contribution in [3.8, 4) is 0 Å². The maximum atomic E-state index is 14.5. The molecule has 0 aliphatic rings. The van der Waals surface area contributed by atoms with E-state index in [9.17, 15) is 4.39 Å². The molecule has 5 heteroatoms. The monoisotopic (exact) mass is 364 g/mol. The SMILES string of the molecule is CCN(CC)C(C)(C)C(NC)c1ccc(Br)c(Cl)c1F. The van der Waals surface area contributed by atoms with Crippen molar-refractivity contribution in [1.29, 1.82) is 0 Å². The van der Waals surface area contributed by atoms with Crippen LogP contribution >= 0.6 is 27.5 Å². The second-order valence-electron chi connectivity index (χ2n) is 5.31. The van der Waals surface area contributed by atoms with Crippen LogP contribution in [0.1, 0.15) is 39.3 Å². The number of hydrogen-bond acceptors (Lipinski definition) is 2. The minimum Gasteiger partial charge on any atom is -0.311 e. The Kier molecular flexibility index (Phi) is 6.45. The van der Waals surface area contributed by atoms with Gasteiger partial charge in [-0.25, -0.2) is 4.39 Å². The van der Waals surface area contributed by atoms with E-state index in [1.807, 2.05) is 7.05 Å². The first-order valence-corrected chi connectivity index (χ1v) is 8.03. The van der Waals surface area contributed by atoms with E-state index in [2.05, 4.69) is 53.8 Å².